The van der Waals surface area contributed by atoms with Gasteiger partial charge in [0.2, 0.25) is 0 Å². The van der Waals surface area contributed by atoms with Crippen molar-refractivity contribution in [3.8, 4) is 11.8 Å². The van der Waals surface area contributed by atoms with E-state index in [1.807, 2.05) is 12.1 Å². The van der Waals surface area contributed by atoms with E-state index < -0.39 is 5.92 Å². The van der Waals surface area contributed by atoms with Crippen LogP contribution in [0.3, 0.4) is 0 Å². The van der Waals surface area contributed by atoms with E-state index in [0.29, 0.717) is 11.5 Å². The first-order valence-corrected chi connectivity index (χ1v) is 8.11. The zero-order valence-corrected chi connectivity index (χ0v) is 14.5. The Bertz CT molecular complexity index is 948. The van der Waals surface area contributed by atoms with Crippen LogP contribution in [-0.2, 0) is 0 Å². The lowest BCUT2D eigenvalue weighted by atomic mass is 9.97. The Hall–Kier alpha value is -3.79. The fourth-order valence-electron chi connectivity index (χ4n) is 2.39. The maximum Gasteiger partial charge on any atom is 0.168 e. The first-order chi connectivity index (χ1) is 13.2. The molecule has 0 fully saturated rings. The highest BCUT2D eigenvalue weighted by atomic mass is 19.1. The van der Waals surface area contributed by atoms with Crippen molar-refractivity contribution in [2.75, 3.05) is 12.5 Å². The van der Waals surface area contributed by atoms with E-state index in [2.05, 4.69) is 26.8 Å². The largest absolute Gasteiger partial charge is 0.497 e. The molecule has 0 aliphatic carbocycles. The number of nitrogens with one attached hydrogen (secondary N) is 1. The summed E-state index contributed by atoms with van der Waals surface area (Å²) in [5.41, 5.74) is 4.84. The lowest BCUT2D eigenvalue weighted by Crippen LogP contribution is -2.04. The minimum absolute atomic E-state index is 0.300. The SMILES string of the molecule is COc1ccc(C(C#N)c2ccc(N/N=C/c3ccc(F)cc3)nn2)cc1. The molecule has 0 spiro atoms. The maximum absolute atomic E-state index is 12.9. The van der Waals surface area contributed by atoms with Crippen LogP contribution < -0.4 is 10.2 Å². The summed E-state index contributed by atoms with van der Waals surface area (Å²) in [6.45, 7) is 0. The number of ether oxygens (including phenoxy) is 1. The van der Waals surface area contributed by atoms with E-state index in [0.717, 1.165) is 16.9 Å². The third-order valence-corrected chi connectivity index (χ3v) is 3.82. The van der Waals surface area contributed by atoms with Gasteiger partial charge in [0.25, 0.3) is 0 Å². The molecule has 1 aromatic heterocycles. The topological polar surface area (TPSA) is 83.2 Å². The van der Waals surface area contributed by atoms with Gasteiger partial charge in [0.05, 0.1) is 25.1 Å². The fourth-order valence-corrected chi connectivity index (χ4v) is 2.39. The lowest BCUT2D eigenvalue weighted by molar-refractivity contribution is 0.414. The molecule has 0 saturated heterocycles. The molecule has 1 N–H and O–H groups in total. The van der Waals surface area contributed by atoms with Gasteiger partial charge in [0.15, 0.2) is 5.82 Å². The van der Waals surface area contributed by atoms with Crippen molar-refractivity contribution >= 4 is 12.0 Å². The van der Waals surface area contributed by atoms with Gasteiger partial charge in [-0.2, -0.15) is 15.5 Å². The summed E-state index contributed by atoms with van der Waals surface area (Å²) in [4.78, 5) is 0. The van der Waals surface area contributed by atoms with Gasteiger partial charge < -0.3 is 4.74 Å². The molecule has 7 heteroatoms. The van der Waals surface area contributed by atoms with Crippen LogP contribution in [0.5, 0.6) is 5.75 Å². The van der Waals surface area contributed by atoms with E-state index in [-0.39, 0.29) is 5.82 Å². The minimum atomic E-state index is -0.528. The van der Waals surface area contributed by atoms with Crippen LogP contribution in [0.4, 0.5) is 10.2 Å². The molecule has 27 heavy (non-hydrogen) atoms. The van der Waals surface area contributed by atoms with Crippen LogP contribution in [0, 0.1) is 17.1 Å². The molecule has 1 atom stereocenters. The predicted octanol–water partition coefficient (Wildman–Crippen LogP) is 3.73. The molecule has 0 amide bonds. The molecule has 0 radical (unpaired) electrons. The Morgan fingerprint density at radius 2 is 1.81 bits per heavy atom. The molecule has 3 rings (SSSR count). The molecule has 0 bridgehead atoms. The van der Waals surface area contributed by atoms with Gasteiger partial charge in [-0.3, -0.25) is 5.43 Å². The van der Waals surface area contributed by atoms with Gasteiger partial charge in [-0.05, 0) is 47.5 Å². The number of hydrogen-bond acceptors (Lipinski definition) is 6. The molecule has 0 saturated carbocycles. The van der Waals surface area contributed by atoms with Crippen molar-refractivity contribution in [2.24, 2.45) is 5.10 Å². The summed E-state index contributed by atoms with van der Waals surface area (Å²) in [6.07, 6.45) is 1.55. The fraction of sp³-hybridized carbons (Fsp3) is 0.100. The van der Waals surface area contributed by atoms with Gasteiger partial charge >= 0.3 is 0 Å². The molecule has 1 heterocycles. The van der Waals surface area contributed by atoms with E-state index in [1.165, 1.54) is 12.1 Å². The second-order valence-corrected chi connectivity index (χ2v) is 5.60. The molecular formula is C20H16FN5O. The van der Waals surface area contributed by atoms with Gasteiger partial charge in [-0.1, -0.05) is 24.3 Å². The normalized spacial score (nSPS) is 11.7. The molecule has 0 aliphatic heterocycles. The van der Waals surface area contributed by atoms with E-state index in [4.69, 9.17) is 4.74 Å². The number of benzene rings is 2. The summed E-state index contributed by atoms with van der Waals surface area (Å²) in [5, 5.41) is 21.7. The maximum atomic E-state index is 12.9. The van der Waals surface area contributed by atoms with Crippen molar-refractivity contribution in [3.05, 3.63) is 83.3 Å². The summed E-state index contributed by atoms with van der Waals surface area (Å²) in [5.74, 6) is 0.328. The number of aromatic nitrogens is 2. The number of halogens is 1. The minimum Gasteiger partial charge on any atom is -0.497 e. The number of hydrogen-bond donors (Lipinski definition) is 1. The van der Waals surface area contributed by atoms with Crippen molar-refractivity contribution in [2.45, 2.75) is 5.92 Å². The van der Waals surface area contributed by atoms with Crippen LogP contribution in [-0.4, -0.2) is 23.5 Å². The number of rotatable bonds is 6. The Balaban J connectivity index is 1.68. The van der Waals surface area contributed by atoms with Crippen LogP contribution in [0.1, 0.15) is 22.7 Å². The van der Waals surface area contributed by atoms with E-state index in [1.54, 1.807) is 49.7 Å². The van der Waals surface area contributed by atoms with Gasteiger partial charge in [-0.15, -0.1) is 5.10 Å². The molecule has 3 aromatic rings. The molecule has 0 aliphatic rings. The van der Waals surface area contributed by atoms with Crippen LogP contribution in [0.25, 0.3) is 0 Å². The number of nitriles is 1. The summed E-state index contributed by atoms with van der Waals surface area (Å²) in [7, 11) is 1.59. The van der Waals surface area contributed by atoms with Crippen molar-refractivity contribution in [3.63, 3.8) is 0 Å². The molecule has 2 aromatic carbocycles. The standard InChI is InChI=1S/C20H16FN5O/c1-27-17-8-4-15(5-9-17)18(12-22)19-10-11-20(26-24-19)25-23-13-14-2-6-16(21)7-3-14/h2-11,13,18H,1H3,(H,25,26)/b23-13+. The second kappa shape index (κ2) is 8.54. The predicted molar refractivity (Wildman–Crippen MR) is 100 cm³/mol. The highest BCUT2D eigenvalue weighted by molar-refractivity contribution is 5.79. The van der Waals surface area contributed by atoms with Gasteiger partial charge in [0.1, 0.15) is 17.5 Å². The molecule has 6 nitrogen and oxygen atoms in total. The van der Waals surface area contributed by atoms with Gasteiger partial charge in [0, 0.05) is 0 Å². The quantitative estimate of drug-likeness (QED) is 0.534. The van der Waals surface area contributed by atoms with Crippen molar-refractivity contribution in [1.82, 2.24) is 10.2 Å². The third-order valence-electron chi connectivity index (χ3n) is 3.82. The highest BCUT2D eigenvalue weighted by Gasteiger charge is 2.15. The zero-order valence-electron chi connectivity index (χ0n) is 14.5. The number of methoxy groups -OCH3 is 1. The number of anilines is 1. The van der Waals surface area contributed by atoms with Crippen LogP contribution >= 0.6 is 0 Å². The van der Waals surface area contributed by atoms with Crippen molar-refractivity contribution < 1.29 is 9.13 Å². The Morgan fingerprint density at radius 1 is 1.07 bits per heavy atom. The van der Waals surface area contributed by atoms with Crippen LogP contribution in [0.15, 0.2) is 65.8 Å². The number of nitrogens with zero attached hydrogens (tertiary/aromatic N) is 4. The summed E-state index contributed by atoms with van der Waals surface area (Å²) >= 11 is 0. The smallest absolute Gasteiger partial charge is 0.168 e. The lowest BCUT2D eigenvalue weighted by Gasteiger charge is -2.09. The summed E-state index contributed by atoms with van der Waals surface area (Å²) in [6, 6.07) is 18.8. The second-order valence-electron chi connectivity index (χ2n) is 5.60. The Labute approximate surface area is 156 Å². The summed E-state index contributed by atoms with van der Waals surface area (Å²) < 4.78 is 18.0. The molecular weight excluding hydrogens is 345 g/mol. The number of hydrazone groups is 1. The Morgan fingerprint density at radius 3 is 2.41 bits per heavy atom. The average molecular weight is 361 g/mol. The van der Waals surface area contributed by atoms with E-state index >= 15 is 0 Å². The highest BCUT2D eigenvalue weighted by Crippen LogP contribution is 2.24. The third kappa shape index (κ3) is 4.64. The Kier molecular flexibility index (Phi) is 5.70. The average Bonchev–Trinajstić information content (AvgIpc) is 2.72. The van der Waals surface area contributed by atoms with Crippen LogP contribution in [0.2, 0.25) is 0 Å². The first kappa shape index (κ1) is 18.0. The first-order valence-electron chi connectivity index (χ1n) is 8.11. The van der Waals surface area contributed by atoms with Crippen molar-refractivity contribution in [1.29, 1.82) is 5.26 Å². The monoisotopic (exact) mass is 361 g/mol. The zero-order chi connectivity index (χ0) is 19.1. The molecule has 134 valence electrons. The van der Waals surface area contributed by atoms with E-state index in [9.17, 15) is 9.65 Å². The van der Waals surface area contributed by atoms with Gasteiger partial charge in [-0.25, -0.2) is 4.39 Å². The molecule has 1 unspecified atom stereocenters.